The van der Waals surface area contributed by atoms with Gasteiger partial charge in [-0.05, 0) is 104 Å². The molecule has 0 aromatic carbocycles. The molecule has 50 heavy (non-hydrogen) atoms. The number of hydrogen-bond acceptors (Lipinski definition) is 5. The summed E-state index contributed by atoms with van der Waals surface area (Å²) in [6.45, 7) is 7.42. The van der Waals surface area contributed by atoms with Crippen LogP contribution in [0.15, 0.2) is 72.9 Å². The number of nitrogens with zero attached hydrogens (tertiary/aromatic N) is 1. The van der Waals surface area contributed by atoms with Crippen LogP contribution < -0.4 is 0 Å². The average Bonchev–Trinajstić information content (AvgIpc) is 3.10. The van der Waals surface area contributed by atoms with Gasteiger partial charge in [-0.2, -0.15) is 0 Å². The zero-order valence-electron chi connectivity index (χ0n) is 33.2. The van der Waals surface area contributed by atoms with E-state index in [9.17, 15) is 4.79 Å². The molecule has 5 heteroatoms. The van der Waals surface area contributed by atoms with E-state index in [0.717, 1.165) is 70.9 Å². The van der Waals surface area contributed by atoms with Crippen molar-refractivity contribution in [1.29, 1.82) is 0 Å². The number of carbonyl (C=O) groups excluding carboxylic acids is 1. The van der Waals surface area contributed by atoms with E-state index in [0.29, 0.717) is 19.6 Å². The van der Waals surface area contributed by atoms with Gasteiger partial charge in [0.25, 0.3) is 0 Å². The highest BCUT2D eigenvalue weighted by atomic mass is 16.6. The second-order valence-electron chi connectivity index (χ2n) is 13.6. The van der Waals surface area contributed by atoms with Gasteiger partial charge in [0.2, 0.25) is 0 Å². The van der Waals surface area contributed by atoms with Crippen LogP contribution in [0.1, 0.15) is 155 Å². The highest BCUT2D eigenvalue weighted by Crippen LogP contribution is 2.11. The predicted molar refractivity (Wildman–Crippen MR) is 218 cm³/mol. The van der Waals surface area contributed by atoms with Crippen molar-refractivity contribution in [3.8, 4) is 0 Å². The van der Waals surface area contributed by atoms with Crippen LogP contribution in [-0.4, -0.2) is 64.0 Å². The van der Waals surface area contributed by atoms with Crippen LogP contribution in [0.3, 0.4) is 0 Å². The van der Waals surface area contributed by atoms with E-state index in [4.69, 9.17) is 14.2 Å². The smallest absolute Gasteiger partial charge is 0.305 e. The van der Waals surface area contributed by atoms with E-state index in [1.54, 1.807) is 0 Å². The normalized spacial score (nSPS) is 13.2. The first-order chi connectivity index (χ1) is 24.6. The van der Waals surface area contributed by atoms with Gasteiger partial charge >= 0.3 is 5.97 Å². The first-order valence-corrected chi connectivity index (χ1v) is 20.5. The first-order valence-electron chi connectivity index (χ1n) is 20.5. The molecule has 1 unspecified atom stereocenters. The Morgan fingerprint density at radius 3 is 1.46 bits per heavy atom. The Hall–Kier alpha value is -2.21. The molecule has 0 rings (SSSR count). The third-order valence-electron chi connectivity index (χ3n) is 8.31. The largest absolute Gasteiger partial charge is 0.463 e. The van der Waals surface area contributed by atoms with Crippen molar-refractivity contribution in [2.24, 2.45) is 0 Å². The third-order valence-corrected chi connectivity index (χ3v) is 8.31. The number of hydrogen-bond donors (Lipinski definition) is 0. The van der Waals surface area contributed by atoms with E-state index in [1.165, 1.54) is 77.0 Å². The van der Waals surface area contributed by atoms with E-state index < -0.39 is 0 Å². The summed E-state index contributed by atoms with van der Waals surface area (Å²) in [6.07, 6.45) is 51.6. The molecule has 5 nitrogen and oxygen atoms in total. The molecule has 0 N–H and O–H groups in total. The fourth-order valence-electron chi connectivity index (χ4n) is 5.30. The number of rotatable bonds is 37. The summed E-state index contributed by atoms with van der Waals surface area (Å²) in [4.78, 5) is 14.3. The van der Waals surface area contributed by atoms with E-state index in [-0.39, 0.29) is 18.7 Å². The SMILES string of the molecule is CC/C=C\C/C=C\C/C=C\CCCCCCCCOCC(COC(=O)CCCN(C)C)OCCCCCCCC/C=C\C/C=C\C/C=C\CC. The Morgan fingerprint density at radius 2 is 0.960 bits per heavy atom. The number of esters is 1. The second-order valence-corrected chi connectivity index (χ2v) is 13.6. The summed E-state index contributed by atoms with van der Waals surface area (Å²) in [6, 6.07) is 0. The molecule has 0 aliphatic rings. The lowest BCUT2D eigenvalue weighted by Gasteiger charge is -2.18. The van der Waals surface area contributed by atoms with E-state index >= 15 is 0 Å². The second kappa shape index (κ2) is 41.2. The highest BCUT2D eigenvalue weighted by Gasteiger charge is 2.13. The fraction of sp³-hybridized carbons (Fsp3) is 0.711. The maximum absolute atomic E-state index is 12.2. The Morgan fingerprint density at radius 1 is 0.520 bits per heavy atom. The standard InChI is InChI=1S/C45H79NO4/c1-5-7-9-11-13-15-17-19-21-23-25-27-29-31-33-35-40-48-42-44(43-50-45(47)38-37-39-46(3)4)49-41-36-34-32-30-28-26-24-22-20-18-16-14-12-10-8-6-2/h7-10,13-16,19-22,44H,5-6,11-12,17-18,23-43H2,1-4H3/b9-7-,10-8-,15-13-,16-14-,21-19-,22-20-. The molecule has 0 saturated heterocycles. The quantitative estimate of drug-likeness (QED) is 0.0367. The summed E-state index contributed by atoms with van der Waals surface area (Å²) in [5.41, 5.74) is 0. The van der Waals surface area contributed by atoms with Crippen molar-refractivity contribution >= 4 is 5.97 Å². The van der Waals surface area contributed by atoms with Gasteiger partial charge in [0.1, 0.15) is 12.7 Å². The van der Waals surface area contributed by atoms with Crippen molar-refractivity contribution in [3.63, 3.8) is 0 Å². The van der Waals surface area contributed by atoms with Gasteiger partial charge in [0.05, 0.1) is 6.61 Å². The molecular formula is C45H79NO4. The molecule has 0 fully saturated rings. The van der Waals surface area contributed by atoms with Crippen molar-refractivity contribution in [3.05, 3.63) is 72.9 Å². The molecule has 0 saturated carbocycles. The molecule has 288 valence electrons. The molecular weight excluding hydrogens is 618 g/mol. The van der Waals surface area contributed by atoms with E-state index in [2.05, 4.69) is 91.7 Å². The Kier molecular flexibility index (Phi) is 39.4. The summed E-state index contributed by atoms with van der Waals surface area (Å²) >= 11 is 0. The van der Waals surface area contributed by atoms with Crippen molar-refractivity contribution in [2.75, 3.05) is 47.1 Å². The summed E-state index contributed by atoms with van der Waals surface area (Å²) in [7, 11) is 4.04. The van der Waals surface area contributed by atoms with Gasteiger partial charge in [0.15, 0.2) is 0 Å². The molecule has 0 aromatic heterocycles. The number of unbranched alkanes of at least 4 members (excludes halogenated alkanes) is 12. The Labute approximate surface area is 310 Å². The van der Waals surface area contributed by atoms with Crippen LogP contribution in [0.25, 0.3) is 0 Å². The molecule has 0 bridgehead atoms. The van der Waals surface area contributed by atoms with Gasteiger partial charge in [-0.1, -0.05) is 138 Å². The lowest BCUT2D eigenvalue weighted by Crippen LogP contribution is -2.28. The molecule has 0 aliphatic heterocycles. The zero-order valence-corrected chi connectivity index (χ0v) is 33.2. The molecule has 0 heterocycles. The molecule has 0 spiro atoms. The van der Waals surface area contributed by atoms with Gasteiger partial charge in [-0.3, -0.25) is 4.79 Å². The molecule has 0 radical (unpaired) electrons. The third kappa shape index (κ3) is 40.2. The minimum atomic E-state index is -0.191. The lowest BCUT2D eigenvalue weighted by atomic mass is 10.1. The Balaban J connectivity index is 4.02. The molecule has 0 aromatic rings. The maximum Gasteiger partial charge on any atom is 0.305 e. The molecule has 0 amide bonds. The van der Waals surface area contributed by atoms with Crippen LogP contribution >= 0.6 is 0 Å². The van der Waals surface area contributed by atoms with E-state index in [1.807, 2.05) is 14.1 Å². The van der Waals surface area contributed by atoms with Gasteiger partial charge in [-0.25, -0.2) is 0 Å². The van der Waals surface area contributed by atoms with Crippen LogP contribution in [0.5, 0.6) is 0 Å². The topological polar surface area (TPSA) is 48.0 Å². The van der Waals surface area contributed by atoms with Crippen LogP contribution in [-0.2, 0) is 19.0 Å². The summed E-state index contributed by atoms with van der Waals surface area (Å²) < 4.78 is 17.7. The summed E-state index contributed by atoms with van der Waals surface area (Å²) in [5, 5.41) is 0. The van der Waals surface area contributed by atoms with Crippen LogP contribution in [0.2, 0.25) is 0 Å². The van der Waals surface area contributed by atoms with Crippen LogP contribution in [0, 0.1) is 0 Å². The van der Waals surface area contributed by atoms with Gasteiger partial charge in [0, 0.05) is 19.6 Å². The van der Waals surface area contributed by atoms with Crippen molar-refractivity contribution < 1.29 is 19.0 Å². The van der Waals surface area contributed by atoms with Crippen molar-refractivity contribution in [2.45, 2.75) is 161 Å². The van der Waals surface area contributed by atoms with Gasteiger partial charge < -0.3 is 19.1 Å². The zero-order chi connectivity index (χ0) is 36.4. The highest BCUT2D eigenvalue weighted by molar-refractivity contribution is 5.69. The summed E-state index contributed by atoms with van der Waals surface area (Å²) in [5.74, 6) is -0.144. The maximum atomic E-state index is 12.2. The number of carbonyl (C=O) groups is 1. The van der Waals surface area contributed by atoms with Crippen LogP contribution in [0.4, 0.5) is 0 Å². The predicted octanol–water partition coefficient (Wildman–Crippen LogP) is 12.5. The first kappa shape index (κ1) is 47.8. The minimum Gasteiger partial charge on any atom is -0.463 e. The van der Waals surface area contributed by atoms with Gasteiger partial charge in [-0.15, -0.1) is 0 Å². The molecule has 0 aliphatic carbocycles. The number of ether oxygens (including phenoxy) is 3. The lowest BCUT2D eigenvalue weighted by molar-refractivity contribution is -0.150. The van der Waals surface area contributed by atoms with Crippen molar-refractivity contribution in [1.82, 2.24) is 4.90 Å². The number of allylic oxidation sites excluding steroid dienone is 12. The fourth-order valence-corrected chi connectivity index (χ4v) is 5.30. The monoisotopic (exact) mass is 698 g/mol. The average molecular weight is 698 g/mol. The minimum absolute atomic E-state index is 0.144. The molecule has 1 atom stereocenters. The Bertz CT molecular complexity index is 886.